The molecule has 0 radical (unpaired) electrons. The van der Waals surface area contributed by atoms with Crippen molar-refractivity contribution >= 4 is 37.9 Å². The molecule has 0 bridgehead atoms. The normalized spacial score (nSPS) is 11.6. The molecule has 0 spiro atoms. The van der Waals surface area contributed by atoms with Crippen LogP contribution in [0.15, 0.2) is 51.5 Å². The van der Waals surface area contributed by atoms with E-state index in [9.17, 15) is 16.8 Å². The van der Waals surface area contributed by atoms with Crippen LogP contribution in [0, 0.1) is 6.92 Å². The second-order valence-corrected chi connectivity index (χ2v) is 9.51. The van der Waals surface area contributed by atoms with Gasteiger partial charge in [-0.1, -0.05) is 0 Å². The molecule has 0 saturated heterocycles. The van der Waals surface area contributed by atoms with Crippen molar-refractivity contribution in [3.63, 3.8) is 0 Å². The summed E-state index contributed by atoms with van der Waals surface area (Å²) in [6.45, 7) is 1.77. The van der Waals surface area contributed by atoms with Crippen LogP contribution in [-0.4, -0.2) is 64.4 Å². The van der Waals surface area contributed by atoms with E-state index in [0.29, 0.717) is 30.0 Å². The van der Waals surface area contributed by atoms with Crippen molar-refractivity contribution in [3.05, 3.63) is 42.0 Å². The number of rotatable bonds is 13. The van der Waals surface area contributed by atoms with E-state index in [1.807, 2.05) is 4.90 Å². The van der Waals surface area contributed by atoms with Crippen molar-refractivity contribution in [2.75, 3.05) is 50.7 Å². The number of aliphatic hydroxyl groups excluding tert-OH is 2. The number of anilines is 1. The largest absolute Gasteiger partial charge is 1.00 e. The van der Waals surface area contributed by atoms with Crippen molar-refractivity contribution in [2.24, 2.45) is 10.2 Å². The average Bonchev–Trinajstić information content (AvgIpc) is 2.77. The Hall–Kier alpha value is -1.58. The minimum atomic E-state index is -3.82. The zero-order valence-electron chi connectivity index (χ0n) is 19.2. The van der Waals surface area contributed by atoms with Gasteiger partial charge in [0.25, 0.3) is 0 Å². The number of ether oxygens (including phenoxy) is 1. The molecule has 182 valence electrons. The van der Waals surface area contributed by atoms with E-state index in [-0.39, 0.29) is 53.4 Å². The number of azo groups is 1. The van der Waals surface area contributed by atoms with E-state index in [4.69, 9.17) is 14.9 Å². The number of hydrogen-bond donors (Lipinski definition) is 2. The fourth-order valence-corrected chi connectivity index (χ4v) is 4.69. The Bertz CT molecular complexity index is 1130. The summed E-state index contributed by atoms with van der Waals surface area (Å²) in [5.74, 6) is -0.327. The second-order valence-electron chi connectivity index (χ2n) is 6.79. The Kier molecular flexibility index (Phi) is 13.2. The molecule has 0 unspecified atom stereocenters. The Balaban J connectivity index is 0.00000578. The molecule has 0 aliphatic heterocycles. The van der Waals surface area contributed by atoms with Crippen LogP contribution in [0.25, 0.3) is 0 Å². The molecule has 0 aliphatic carbocycles. The molecule has 0 fully saturated rings. The number of methoxy groups -OCH3 is 1. The van der Waals surface area contributed by atoms with Gasteiger partial charge in [0, 0.05) is 31.5 Å². The van der Waals surface area contributed by atoms with Crippen LogP contribution in [0.1, 0.15) is 5.56 Å². The van der Waals surface area contributed by atoms with Crippen LogP contribution in [0.3, 0.4) is 0 Å². The predicted molar refractivity (Wildman–Crippen MR) is 121 cm³/mol. The van der Waals surface area contributed by atoms with Gasteiger partial charge >= 0.3 is 29.6 Å². The van der Waals surface area contributed by atoms with Gasteiger partial charge in [0.1, 0.15) is 11.4 Å². The maximum atomic E-state index is 12.5. The van der Waals surface area contributed by atoms with Crippen LogP contribution in [0.5, 0.6) is 5.75 Å². The summed E-state index contributed by atoms with van der Waals surface area (Å²) in [4.78, 5) is 1.81. The second kappa shape index (κ2) is 14.7. The fourth-order valence-electron chi connectivity index (χ4n) is 3.01. The first-order valence-electron chi connectivity index (χ1n) is 9.84. The Morgan fingerprint density at radius 1 is 1.03 bits per heavy atom. The first-order chi connectivity index (χ1) is 15.7. The van der Waals surface area contributed by atoms with Crippen LogP contribution in [0.4, 0.5) is 17.1 Å². The van der Waals surface area contributed by atoms with Gasteiger partial charge in [-0.15, -0.1) is 5.11 Å². The molecule has 2 N–H and O–H groups in total. The van der Waals surface area contributed by atoms with Crippen LogP contribution >= 0.6 is 0 Å². The summed E-state index contributed by atoms with van der Waals surface area (Å²) in [5.41, 5.74) is 2.06. The number of aliphatic hydroxyl groups is 2. The summed E-state index contributed by atoms with van der Waals surface area (Å²) in [6, 6.07) is 9.85. The van der Waals surface area contributed by atoms with E-state index in [0.717, 1.165) is 5.69 Å². The third kappa shape index (κ3) is 8.89. The number of aryl methyl sites for hydroxylation is 1. The van der Waals surface area contributed by atoms with Crippen LogP contribution < -0.4 is 39.2 Å². The van der Waals surface area contributed by atoms with Crippen molar-refractivity contribution < 1.29 is 65.5 Å². The molecule has 2 rings (SSSR count). The number of benzene rings is 2. The average molecular weight is 524 g/mol. The first-order valence-corrected chi connectivity index (χ1v) is 12.5. The maximum Gasteiger partial charge on any atom is 1.00 e. The maximum absolute atomic E-state index is 12.5. The Morgan fingerprint density at radius 3 is 2.18 bits per heavy atom. The molecule has 0 atom stereocenters. The van der Waals surface area contributed by atoms with Gasteiger partial charge in [0.05, 0.1) is 47.6 Å². The van der Waals surface area contributed by atoms with Gasteiger partial charge in [-0.25, -0.2) is 8.42 Å². The van der Waals surface area contributed by atoms with Crippen molar-refractivity contribution in [3.8, 4) is 5.75 Å². The fraction of sp³-hybridized carbons (Fsp3) is 0.400. The molecule has 0 aliphatic rings. The Morgan fingerprint density at radius 2 is 1.65 bits per heavy atom. The van der Waals surface area contributed by atoms with Gasteiger partial charge in [-0.05, 0) is 42.8 Å². The predicted octanol–water partition coefficient (Wildman–Crippen LogP) is -0.771. The quantitative estimate of drug-likeness (QED) is 0.196. The van der Waals surface area contributed by atoms with Gasteiger partial charge in [-0.2, -0.15) is 5.11 Å². The molecular weight excluding hydrogens is 497 g/mol. The number of hydrogen-bond acceptors (Lipinski definition) is 12. The van der Waals surface area contributed by atoms with E-state index >= 15 is 0 Å². The summed E-state index contributed by atoms with van der Waals surface area (Å²) in [6.07, 6.45) is 0. The molecule has 0 aromatic heterocycles. The Labute approximate surface area is 222 Å². The molecule has 11 nitrogen and oxygen atoms in total. The zero-order valence-corrected chi connectivity index (χ0v) is 22.8. The van der Waals surface area contributed by atoms with Crippen LogP contribution in [-0.2, 0) is 33.4 Å². The summed E-state index contributed by atoms with van der Waals surface area (Å²) < 4.78 is 55.6. The molecular formula is C20H26N3NaO8S2. The standard InChI is InChI=1S/C20H26N3O8S2.Na/c1-15-13-18(19(30-2)14-20(15)33(28,29)12-11-31-32(26)27)22-21-16-3-5-17(6-4-16)23(7-9-24)8-10-25;/h3-6,13-14,24-25H,7-12H2,1-2H3;/q-1;+1. The van der Waals surface area contributed by atoms with E-state index in [2.05, 4.69) is 14.4 Å². The summed E-state index contributed by atoms with van der Waals surface area (Å²) in [7, 11) is -5.24. The molecule has 34 heavy (non-hydrogen) atoms. The molecule has 0 heterocycles. The molecule has 0 amide bonds. The summed E-state index contributed by atoms with van der Waals surface area (Å²) >= 11 is 0. The third-order valence-corrected chi connectivity index (χ3v) is 6.74. The first kappa shape index (κ1) is 30.5. The van der Waals surface area contributed by atoms with Gasteiger partial charge in [0.2, 0.25) is 0 Å². The molecule has 2 aromatic carbocycles. The molecule has 14 heteroatoms. The monoisotopic (exact) mass is 523 g/mol. The van der Waals surface area contributed by atoms with Crippen LogP contribution in [0.2, 0.25) is 0 Å². The minimum absolute atomic E-state index is 0. The molecule has 0 saturated carbocycles. The molecule has 2 aromatic rings. The number of sulfone groups is 1. The van der Waals surface area contributed by atoms with Gasteiger partial charge < -0.3 is 32.5 Å². The van der Waals surface area contributed by atoms with Crippen molar-refractivity contribution in [1.29, 1.82) is 0 Å². The summed E-state index contributed by atoms with van der Waals surface area (Å²) in [5, 5.41) is 26.7. The van der Waals surface area contributed by atoms with Crippen molar-refractivity contribution in [2.45, 2.75) is 11.8 Å². The van der Waals surface area contributed by atoms with Gasteiger partial charge in [0.15, 0.2) is 9.84 Å². The van der Waals surface area contributed by atoms with E-state index < -0.39 is 33.2 Å². The SMILES string of the molecule is COc1cc(S(=O)(=O)CCO[S-](=O)=O)c(C)cc1N=Nc1ccc(N(CCO)CCO)cc1.[Na+]. The smallest absolute Gasteiger partial charge is 0.494 e. The van der Waals surface area contributed by atoms with Crippen molar-refractivity contribution in [1.82, 2.24) is 0 Å². The number of nitrogens with zero attached hydrogens (tertiary/aromatic N) is 3. The minimum Gasteiger partial charge on any atom is -0.494 e. The third-order valence-electron chi connectivity index (χ3n) is 4.57. The zero-order chi connectivity index (χ0) is 24.4. The van der Waals surface area contributed by atoms with E-state index in [1.165, 1.54) is 19.2 Å². The topological polar surface area (TPSA) is 155 Å². The van der Waals surface area contributed by atoms with Gasteiger partial charge in [-0.3, -0.25) is 0 Å². The van der Waals surface area contributed by atoms with E-state index in [1.54, 1.807) is 31.2 Å².